The summed E-state index contributed by atoms with van der Waals surface area (Å²) in [5.41, 5.74) is 0. The van der Waals surface area contributed by atoms with Crippen molar-refractivity contribution in [3.63, 3.8) is 0 Å². The Morgan fingerprint density at radius 2 is 1.56 bits per heavy atom. The summed E-state index contributed by atoms with van der Waals surface area (Å²) in [6, 6.07) is 0. The molecule has 0 bridgehead atoms. The molecule has 4 heteroatoms. The molecule has 0 rings (SSSR count). The van der Waals surface area contributed by atoms with Gasteiger partial charge in [-0.15, -0.1) is 0 Å². The van der Waals surface area contributed by atoms with Crippen LogP contribution in [0.4, 0.5) is 0 Å². The lowest BCUT2D eigenvalue weighted by atomic mass is 10.0. The second kappa shape index (κ2) is 9.19. The summed E-state index contributed by atoms with van der Waals surface area (Å²) in [5.74, 6) is -1.73. The molecule has 0 N–H and O–H groups in total. The molecule has 0 aromatic heterocycles. The van der Waals surface area contributed by atoms with E-state index < -0.39 is 17.9 Å². The lowest BCUT2D eigenvalue weighted by Gasteiger charge is -2.13. The van der Waals surface area contributed by atoms with Crippen molar-refractivity contribution in [3.8, 4) is 0 Å². The van der Waals surface area contributed by atoms with Crippen LogP contribution in [0.1, 0.15) is 39.5 Å². The van der Waals surface area contributed by atoms with Gasteiger partial charge in [0.05, 0.1) is 13.2 Å². The molecule has 93 valence electrons. The third kappa shape index (κ3) is 5.73. The summed E-state index contributed by atoms with van der Waals surface area (Å²) >= 11 is 0. The first-order chi connectivity index (χ1) is 7.67. The normalized spacial score (nSPS) is 10.2. The minimum atomic E-state index is -0.772. The average Bonchev–Trinajstić information content (AvgIpc) is 2.25. The molecular formula is C12H21O4. The largest absolute Gasteiger partial charge is 0.465 e. The van der Waals surface area contributed by atoms with Crippen molar-refractivity contribution in [3.05, 3.63) is 6.92 Å². The summed E-state index contributed by atoms with van der Waals surface area (Å²) in [4.78, 5) is 23.0. The Kier molecular flexibility index (Phi) is 8.58. The highest BCUT2D eigenvalue weighted by molar-refractivity contribution is 5.94. The molecule has 0 atom stereocenters. The molecule has 0 saturated carbocycles. The molecule has 0 unspecified atom stereocenters. The molecule has 0 aromatic rings. The van der Waals surface area contributed by atoms with Crippen LogP contribution >= 0.6 is 0 Å². The molecule has 0 spiro atoms. The number of ether oxygens (including phenoxy) is 2. The van der Waals surface area contributed by atoms with E-state index in [0.717, 1.165) is 19.3 Å². The van der Waals surface area contributed by atoms with Crippen molar-refractivity contribution in [1.82, 2.24) is 0 Å². The highest BCUT2D eigenvalue weighted by atomic mass is 16.6. The predicted molar refractivity (Wildman–Crippen MR) is 60.6 cm³/mol. The van der Waals surface area contributed by atoms with Gasteiger partial charge in [0.2, 0.25) is 0 Å². The van der Waals surface area contributed by atoms with E-state index in [2.05, 4.69) is 6.92 Å². The van der Waals surface area contributed by atoms with Gasteiger partial charge in [0.15, 0.2) is 5.92 Å². The Labute approximate surface area is 97.3 Å². The summed E-state index contributed by atoms with van der Waals surface area (Å²) in [7, 11) is 0. The predicted octanol–water partition coefficient (Wildman–Crippen LogP) is 2.12. The Bertz CT molecular complexity index is 195. The van der Waals surface area contributed by atoms with Gasteiger partial charge in [-0.05, 0) is 20.3 Å². The van der Waals surface area contributed by atoms with Crippen molar-refractivity contribution in [2.75, 3.05) is 13.2 Å². The third-order valence-corrected chi connectivity index (χ3v) is 2.14. The molecule has 0 heterocycles. The molecule has 0 saturated heterocycles. The van der Waals surface area contributed by atoms with Crippen LogP contribution in [0.2, 0.25) is 0 Å². The third-order valence-electron chi connectivity index (χ3n) is 2.14. The van der Waals surface area contributed by atoms with Crippen molar-refractivity contribution in [2.24, 2.45) is 5.92 Å². The minimum absolute atomic E-state index is 0.282. The van der Waals surface area contributed by atoms with Crippen molar-refractivity contribution >= 4 is 11.9 Å². The lowest BCUT2D eigenvalue weighted by Crippen LogP contribution is -2.28. The molecule has 16 heavy (non-hydrogen) atoms. The second-order valence-corrected chi connectivity index (χ2v) is 3.41. The van der Waals surface area contributed by atoms with E-state index >= 15 is 0 Å². The van der Waals surface area contributed by atoms with Gasteiger partial charge < -0.3 is 9.47 Å². The van der Waals surface area contributed by atoms with Gasteiger partial charge in [0.1, 0.15) is 0 Å². The van der Waals surface area contributed by atoms with Gasteiger partial charge in [-0.1, -0.05) is 26.2 Å². The lowest BCUT2D eigenvalue weighted by molar-refractivity contribution is -0.161. The fourth-order valence-corrected chi connectivity index (χ4v) is 1.34. The zero-order chi connectivity index (χ0) is 12.4. The Hall–Kier alpha value is -1.06. The van der Waals surface area contributed by atoms with E-state index in [0.29, 0.717) is 6.42 Å². The first-order valence-corrected chi connectivity index (χ1v) is 5.79. The van der Waals surface area contributed by atoms with Crippen LogP contribution in [0.5, 0.6) is 0 Å². The van der Waals surface area contributed by atoms with Crippen LogP contribution in [-0.2, 0) is 19.1 Å². The van der Waals surface area contributed by atoms with E-state index in [-0.39, 0.29) is 13.2 Å². The summed E-state index contributed by atoms with van der Waals surface area (Å²) < 4.78 is 9.69. The number of unbranched alkanes of at least 4 members (excludes halogenated alkanes) is 2. The van der Waals surface area contributed by atoms with Crippen LogP contribution < -0.4 is 0 Å². The zero-order valence-corrected chi connectivity index (χ0v) is 10.2. The first kappa shape index (κ1) is 14.9. The topological polar surface area (TPSA) is 52.6 Å². The van der Waals surface area contributed by atoms with Crippen molar-refractivity contribution in [1.29, 1.82) is 0 Å². The summed E-state index contributed by atoms with van der Waals surface area (Å²) in [6.45, 7) is 7.71. The van der Waals surface area contributed by atoms with Crippen LogP contribution in [0.25, 0.3) is 0 Å². The molecular weight excluding hydrogens is 208 g/mol. The van der Waals surface area contributed by atoms with Gasteiger partial charge in [-0.3, -0.25) is 9.59 Å². The maximum atomic E-state index is 11.5. The van der Waals surface area contributed by atoms with Gasteiger partial charge in [0, 0.05) is 0 Å². The van der Waals surface area contributed by atoms with Gasteiger partial charge >= 0.3 is 11.9 Å². The molecule has 0 amide bonds. The summed E-state index contributed by atoms with van der Waals surface area (Å²) in [5, 5.41) is 0. The van der Waals surface area contributed by atoms with Crippen LogP contribution in [0.15, 0.2) is 0 Å². The molecule has 1 radical (unpaired) electrons. The van der Waals surface area contributed by atoms with Gasteiger partial charge in [-0.25, -0.2) is 0 Å². The number of carbonyl (C=O) groups is 2. The molecule has 0 aliphatic carbocycles. The van der Waals surface area contributed by atoms with E-state index in [1.54, 1.807) is 13.8 Å². The van der Waals surface area contributed by atoms with E-state index in [1.165, 1.54) is 0 Å². The number of rotatable bonds is 8. The Morgan fingerprint density at radius 1 is 1.06 bits per heavy atom. The number of hydrogen-bond acceptors (Lipinski definition) is 4. The molecule has 4 nitrogen and oxygen atoms in total. The quantitative estimate of drug-likeness (QED) is 0.363. The standard InChI is InChI=1S/C12H21O4/c1-4-7-8-9-10(11(13)15-5-2)12(14)16-6-3/h10H,1,4-9H2,2-3H3. The fourth-order valence-electron chi connectivity index (χ4n) is 1.34. The van der Waals surface area contributed by atoms with E-state index in [1.807, 2.05) is 0 Å². The van der Waals surface area contributed by atoms with Crippen LogP contribution in [-0.4, -0.2) is 25.2 Å². The van der Waals surface area contributed by atoms with Crippen LogP contribution in [0.3, 0.4) is 0 Å². The van der Waals surface area contributed by atoms with Gasteiger partial charge in [-0.2, -0.15) is 0 Å². The summed E-state index contributed by atoms with van der Waals surface area (Å²) in [6.07, 6.45) is 2.96. The molecule has 0 fully saturated rings. The zero-order valence-electron chi connectivity index (χ0n) is 10.2. The molecule has 0 aliphatic heterocycles. The fraction of sp³-hybridized carbons (Fsp3) is 0.750. The molecule has 0 aromatic carbocycles. The highest BCUT2D eigenvalue weighted by Crippen LogP contribution is 2.13. The minimum Gasteiger partial charge on any atom is -0.465 e. The van der Waals surface area contributed by atoms with Gasteiger partial charge in [0.25, 0.3) is 0 Å². The second-order valence-electron chi connectivity index (χ2n) is 3.41. The van der Waals surface area contributed by atoms with Crippen molar-refractivity contribution < 1.29 is 19.1 Å². The highest BCUT2D eigenvalue weighted by Gasteiger charge is 2.28. The maximum Gasteiger partial charge on any atom is 0.320 e. The molecule has 0 aliphatic rings. The number of esters is 2. The average molecular weight is 229 g/mol. The number of hydrogen-bond donors (Lipinski definition) is 0. The Balaban J connectivity index is 4.25. The van der Waals surface area contributed by atoms with E-state index in [4.69, 9.17) is 9.47 Å². The van der Waals surface area contributed by atoms with Crippen molar-refractivity contribution in [2.45, 2.75) is 39.5 Å². The SMILES string of the molecule is [CH2]CCCCC(C(=O)OCC)C(=O)OCC. The number of carbonyl (C=O) groups excluding carboxylic acids is 2. The monoisotopic (exact) mass is 229 g/mol. The maximum absolute atomic E-state index is 11.5. The smallest absolute Gasteiger partial charge is 0.320 e. The Morgan fingerprint density at radius 3 is 1.94 bits per heavy atom. The van der Waals surface area contributed by atoms with Crippen LogP contribution in [0, 0.1) is 12.8 Å². The first-order valence-electron chi connectivity index (χ1n) is 5.79. The van der Waals surface area contributed by atoms with E-state index in [9.17, 15) is 9.59 Å².